The molecule has 26 heavy (non-hydrogen) atoms. The Morgan fingerprint density at radius 3 is 2.00 bits per heavy atom. The van der Waals surface area contributed by atoms with Crippen LogP contribution in [0.1, 0.15) is 36.8 Å². The highest BCUT2D eigenvalue weighted by molar-refractivity contribution is 5.67. The number of benzene rings is 2. The van der Waals surface area contributed by atoms with E-state index in [-0.39, 0.29) is 0 Å². The maximum Gasteiger partial charge on any atom is 0.152 e. The van der Waals surface area contributed by atoms with E-state index >= 15 is 0 Å². The Balaban J connectivity index is 2.00. The lowest BCUT2D eigenvalue weighted by Gasteiger charge is -2.25. The van der Waals surface area contributed by atoms with Crippen LogP contribution in [0, 0.1) is 22.7 Å². The van der Waals surface area contributed by atoms with E-state index in [4.69, 9.17) is 9.47 Å². The van der Waals surface area contributed by atoms with Crippen LogP contribution in [0.15, 0.2) is 36.4 Å². The quantitative estimate of drug-likeness (QED) is 0.808. The molecule has 1 aliphatic heterocycles. The van der Waals surface area contributed by atoms with Crippen LogP contribution in [-0.2, 0) is 0 Å². The highest BCUT2D eigenvalue weighted by Crippen LogP contribution is 2.36. The summed E-state index contributed by atoms with van der Waals surface area (Å²) in [5.41, 5.74) is 1.58. The van der Waals surface area contributed by atoms with E-state index in [0.29, 0.717) is 22.6 Å². The van der Waals surface area contributed by atoms with Crippen molar-refractivity contribution in [2.75, 3.05) is 25.1 Å². The van der Waals surface area contributed by atoms with Gasteiger partial charge in [0.15, 0.2) is 5.75 Å². The summed E-state index contributed by atoms with van der Waals surface area (Å²) in [6.07, 6.45) is 4.66. The van der Waals surface area contributed by atoms with Gasteiger partial charge in [0, 0.05) is 19.2 Å². The molecule has 0 aliphatic carbocycles. The second-order valence-corrected chi connectivity index (χ2v) is 6.27. The number of anilines is 1. The summed E-state index contributed by atoms with van der Waals surface area (Å²) in [5, 5.41) is 18.8. The van der Waals surface area contributed by atoms with Gasteiger partial charge < -0.3 is 14.4 Å². The largest absolute Gasteiger partial charge is 0.497 e. The second-order valence-electron chi connectivity index (χ2n) is 6.27. The molecule has 0 spiro atoms. The van der Waals surface area contributed by atoms with Gasteiger partial charge in [0.25, 0.3) is 0 Å². The topological polar surface area (TPSA) is 69.3 Å². The fourth-order valence-electron chi connectivity index (χ4n) is 3.16. The van der Waals surface area contributed by atoms with E-state index in [0.717, 1.165) is 37.4 Å². The summed E-state index contributed by atoms with van der Waals surface area (Å²) in [4.78, 5) is 2.26. The first-order chi connectivity index (χ1) is 12.7. The van der Waals surface area contributed by atoms with Crippen LogP contribution in [0.2, 0.25) is 0 Å². The third kappa shape index (κ3) is 3.90. The van der Waals surface area contributed by atoms with Crippen molar-refractivity contribution in [1.82, 2.24) is 0 Å². The fraction of sp³-hybridized carbons (Fsp3) is 0.333. The van der Waals surface area contributed by atoms with Gasteiger partial charge in [0.2, 0.25) is 0 Å². The van der Waals surface area contributed by atoms with Crippen molar-refractivity contribution in [2.24, 2.45) is 0 Å². The molecular formula is C21H21N3O2. The molecule has 1 fully saturated rings. The average Bonchev–Trinajstić information content (AvgIpc) is 2.97. The van der Waals surface area contributed by atoms with Gasteiger partial charge >= 0.3 is 0 Å². The van der Waals surface area contributed by atoms with Crippen LogP contribution in [0.3, 0.4) is 0 Å². The Morgan fingerprint density at radius 1 is 0.846 bits per heavy atom. The van der Waals surface area contributed by atoms with Crippen LogP contribution < -0.4 is 14.4 Å². The fourth-order valence-corrected chi connectivity index (χ4v) is 3.16. The highest BCUT2D eigenvalue weighted by atomic mass is 16.5. The molecule has 0 unspecified atom stereocenters. The molecule has 5 nitrogen and oxygen atoms in total. The van der Waals surface area contributed by atoms with Crippen molar-refractivity contribution < 1.29 is 9.47 Å². The lowest BCUT2D eigenvalue weighted by atomic mass is 10.1. The van der Waals surface area contributed by atoms with Crippen molar-refractivity contribution in [3.63, 3.8) is 0 Å². The molecule has 0 atom stereocenters. The molecule has 1 saturated heterocycles. The minimum absolute atomic E-state index is 0.328. The van der Waals surface area contributed by atoms with Crippen LogP contribution in [0.5, 0.6) is 17.2 Å². The minimum atomic E-state index is 0.328. The van der Waals surface area contributed by atoms with Gasteiger partial charge in [-0.1, -0.05) is 12.8 Å². The zero-order valence-electron chi connectivity index (χ0n) is 14.9. The van der Waals surface area contributed by atoms with Gasteiger partial charge in [0.1, 0.15) is 23.6 Å². The summed E-state index contributed by atoms with van der Waals surface area (Å²) < 4.78 is 11.3. The first-order valence-electron chi connectivity index (χ1n) is 8.80. The summed E-state index contributed by atoms with van der Waals surface area (Å²) in [6, 6.07) is 15.0. The Labute approximate surface area is 154 Å². The zero-order chi connectivity index (χ0) is 18.4. The first-order valence-corrected chi connectivity index (χ1v) is 8.80. The lowest BCUT2D eigenvalue weighted by molar-refractivity contribution is 0.413. The number of rotatable bonds is 4. The summed E-state index contributed by atoms with van der Waals surface area (Å²) in [7, 11) is 1.62. The van der Waals surface area contributed by atoms with E-state index in [1.165, 1.54) is 12.8 Å². The molecule has 2 aromatic rings. The van der Waals surface area contributed by atoms with E-state index in [2.05, 4.69) is 17.0 Å². The van der Waals surface area contributed by atoms with Crippen molar-refractivity contribution in [2.45, 2.75) is 25.7 Å². The van der Waals surface area contributed by atoms with Crippen molar-refractivity contribution >= 4 is 5.69 Å². The van der Waals surface area contributed by atoms with Gasteiger partial charge in [-0.3, -0.25) is 0 Å². The predicted molar refractivity (Wildman–Crippen MR) is 99.6 cm³/mol. The van der Waals surface area contributed by atoms with Crippen LogP contribution in [0.4, 0.5) is 5.69 Å². The smallest absolute Gasteiger partial charge is 0.152 e. The van der Waals surface area contributed by atoms with E-state index in [1.54, 1.807) is 19.2 Å². The van der Waals surface area contributed by atoms with Crippen LogP contribution >= 0.6 is 0 Å². The predicted octanol–water partition coefficient (Wildman–Crippen LogP) is 4.61. The molecule has 0 N–H and O–H groups in total. The Hall–Kier alpha value is -3.18. The molecule has 0 bridgehead atoms. The molecule has 2 aromatic carbocycles. The standard InChI is InChI=1S/C21H21N3O2/c1-25-18-6-8-19(9-7-18)26-21-13-17(15-23)16(14-22)12-20(21)24-10-4-2-3-5-11-24/h6-9,12-13H,2-5,10-11H2,1H3. The lowest BCUT2D eigenvalue weighted by Crippen LogP contribution is -2.24. The van der Waals surface area contributed by atoms with E-state index < -0.39 is 0 Å². The molecule has 0 radical (unpaired) electrons. The maximum absolute atomic E-state index is 9.39. The zero-order valence-corrected chi connectivity index (χ0v) is 14.9. The molecular weight excluding hydrogens is 326 g/mol. The van der Waals surface area contributed by atoms with Crippen LogP contribution in [0.25, 0.3) is 0 Å². The van der Waals surface area contributed by atoms with Crippen LogP contribution in [-0.4, -0.2) is 20.2 Å². The minimum Gasteiger partial charge on any atom is -0.497 e. The van der Waals surface area contributed by atoms with E-state index in [9.17, 15) is 10.5 Å². The monoisotopic (exact) mass is 347 g/mol. The third-order valence-electron chi connectivity index (χ3n) is 4.57. The van der Waals surface area contributed by atoms with Gasteiger partial charge in [-0.15, -0.1) is 0 Å². The Bertz CT molecular complexity index is 839. The Morgan fingerprint density at radius 2 is 1.42 bits per heavy atom. The molecule has 132 valence electrons. The summed E-state index contributed by atoms with van der Waals surface area (Å²) in [5.74, 6) is 2.02. The summed E-state index contributed by atoms with van der Waals surface area (Å²) >= 11 is 0. The number of hydrogen-bond donors (Lipinski definition) is 0. The highest BCUT2D eigenvalue weighted by Gasteiger charge is 2.18. The molecule has 0 amide bonds. The molecule has 1 heterocycles. The van der Waals surface area contributed by atoms with Crippen molar-refractivity contribution in [3.05, 3.63) is 47.5 Å². The van der Waals surface area contributed by atoms with E-state index in [1.807, 2.05) is 24.3 Å². The van der Waals surface area contributed by atoms with Gasteiger partial charge in [-0.25, -0.2) is 0 Å². The second kappa shape index (κ2) is 8.27. The number of ether oxygens (including phenoxy) is 2. The molecule has 3 rings (SSSR count). The molecule has 5 heteroatoms. The Kier molecular flexibility index (Phi) is 5.61. The van der Waals surface area contributed by atoms with Crippen molar-refractivity contribution in [1.29, 1.82) is 10.5 Å². The number of hydrogen-bond acceptors (Lipinski definition) is 5. The van der Waals surface area contributed by atoms with Gasteiger partial charge in [-0.2, -0.15) is 10.5 Å². The summed E-state index contributed by atoms with van der Waals surface area (Å²) in [6.45, 7) is 1.85. The van der Waals surface area contributed by atoms with Gasteiger partial charge in [0.05, 0.1) is 23.9 Å². The molecule has 1 aliphatic rings. The number of methoxy groups -OCH3 is 1. The SMILES string of the molecule is COc1ccc(Oc2cc(C#N)c(C#N)cc2N2CCCCCC2)cc1. The third-order valence-corrected chi connectivity index (χ3v) is 4.57. The average molecular weight is 347 g/mol. The number of nitrogens with zero attached hydrogens (tertiary/aromatic N) is 3. The number of nitriles is 2. The first kappa shape index (κ1) is 17.6. The van der Waals surface area contributed by atoms with Gasteiger partial charge in [-0.05, 0) is 43.2 Å². The molecule has 0 saturated carbocycles. The van der Waals surface area contributed by atoms with Crippen molar-refractivity contribution in [3.8, 4) is 29.4 Å². The normalized spacial score (nSPS) is 14.0. The maximum atomic E-state index is 9.39. The molecule has 0 aromatic heterocycles.